The van der Waals surface area contributed by atoms with E-state index in [1.54, 1.807) is 11.8 Å². The van der Waals surface area contributed by atoms with E-state index in [-0.39, 0.29) is 6.23 Å². The van der Waals surface area contributed by atoms with Gasteiger partial charge < -0.3 is 10.1 Å². The molecular weight excluding hydrogens is 344 g/mol. The molecule has 4 rings (SSSR count). The Balaban J connectivity index is 1.70. The normalized spacial score (nSPS) is 21.5. The first-order valence-electron chi connectivity index (χ1n) is 9.30. The fourth-order valence-corrected chi connectivity index (χ4v) is 4.03. The van der Waals surface area contributed by atoms with Crippen LogP contribution in [0.25, 0.3) is 11.3 Å². The summed E-state index contributed by atoms with van der Waals surface area (Å²) in [6.45, 7) is 4.35. The van der Waals surface area contributed by atoms with Crippen LogP contribution in [0.4, 0.5) is 5.69 Å². The number of rotatable bonds is 4. The van der Waals surface area contributed by atoms with Crippen LogP contribution in [0.3, 0.4) is 0 Å². The molecule has 2 aliphatic rings. The number of ether oxygens (including phenoxy) is 1. The summed E-state index contributed by atoms with van der Waals surface area (Å²) in [6, 6.07) is 8.17. The van der Waals surface area contributed by atoms with Gasteiger partial charge in [-0.05, 0) is 38.7 Å². The lowest BCUT2D eigenvalue weighted by Gasteiger charge is -2.29. The number of nitrogens with zero attached hydrogens (tertiary/aromatic N) is 3. The zero-order chi connectivity index (χ0) is 17.9. The van der Waals surface area contributed by atoms with Crippen LogP contribution in [0.15, 0.2) is 41.1 Å². The number of benzene rings is 1. The van der Waals surface area contributed by atoms with Gasteiger partial charge in [0.2, 0.25) is 11.0 Å². The standard InChI is InChI=1S/C20H24N4OS/c1-3-12-26-20-22-19-17(23-24-20)15-6-4-5-7-16(15)21-18(25-19)14-10-8-13(2)9-11-14/h4-8,14,18,21H,3,9-12H2,1-2H3/t14-,18-/m0/s1. The fourth-order valence-electron chi connectivity index (χ4n) is 3.40. The van der Waals surface area contributed by atoms with E-state index in [4.69, 9.17) is 4.74 Å². The smallest absolute Gasteiger partial charge is 0.247 e. The minimum absolute atomic E-state index is 0.109. The molecule has 0 spiro atoms. The van der Waals surface area contributed by atoms with Crippen molar-refractivity contribution in [2.75, 3.05) is 11.1 Å². The van der Waals surface area contributed by atoms with E-state index in [0.717, 1.165) is 48.4 Å². The van der Waals surface area contributed by atoms with Crippen LogP contribution < -0.4 is 10.1 Å². The molecule has 5 nitrogen and oxygen atoms in total. The summed E-state index contributed by atoms with van der Waals surface area (Å²) in [7, 11) is 0. The van der Waals surface area contributed by atoms with Gasteiger partial charge in [0.25, 0.3) is 0 Å². The molecule has 0 saturated heterocycles. The number of para-hydroxylation sites is 1. The summed E-state index contributed by atoms with van der Waals surface area (Å²) in [4.78, 5) is 4.68. The molecule has 1 aliphatic carbocycles. The van der Waals surface area contributed by atoms with Gasteiger partial charge in [-0.15, -0.1) is 10.2 Å². The number of thioether (sulfide) groups is 1. The van der Waals surface area contributed by atoms with Gasteiger partial charge in [-0.3, -0.25) is 0 Å². The van der Waals surface area contributed by atoms with Gasteiger partial charge in [-0.25, -0.2) is 0 Å². The molecule has 0 unspecified atom stereocenters. The van der Waals surface area contributed by atoms with Crippen LogP contribution in [0, 0.1) is 5.92 Å². The second-order valence-electron chi connectivity index (χ2n) is 6.91. The molecule has 0 saturated carbocycles. The SMILES string of the molecule is CCCSc1nnc2c(n1)O[C@@H]([C@H]1CC=C(C)CC1)Nc1ccccc1-2. The minimum Gasteiger partial charge on any atom is -0.452 e. The fraction of sp³-hybridized carbons (Fsp3) is 0.450. The molecule has 26 heavy (non-hydrogen) atoms. The van der Waals surface area contributed by atoms with Crippen molar-refractivity contribution in [2.24, 2.45) is 5.92 Å². The second-order valence-corrected chi connectivity index (χ2v) is 7.97. The maximum atomic E-state index is 6.37. The Morgan fingerprint density at radius 3 is 2.96 bits per heavy atom. The van der Waals surface area contributed by atoms with Gasteiger partial charge in [0.05, 0.1) is 0 Å². The third-order valence-electron chi connectivity index (χ3n) is 4.90. The van der Waals surface area contributed by atoms with Gasteiger partial charge in [0.1, 0.15) is 0 Å². The van der Waals surface area contributed by atoms with Crippen LogP contribution in [0.5, 0.6) is 5.88 Å². The van der Waals surface area contributed by atoms with E-state index in [1.807, 2.05) is 18.2 Å². The molecule has 0 radical (unpaired) electrons. The van der Waals surface area contributed by atoms with E-state index in [0.29, 0.717) is 17.0 Å². The topological polar surface area (TPSA) is 59.9 Å². The predicted octanol–water partition coefficient (Wildman–Crippen LogP) is 4.92. The molecule has 2 heterocycles. The Morgan fingerprint density at radius 2 is 2.15 bits per heavy atom. The highest BCUT2D eigenvalue weighted by molar-refractivity contribution is 7.99. The van der Waals surface area contributed by atoms with E-state index in [1.165, 1.54) is 5.57 Å². The molecule has 0 amide bonds. The predicted molar refractivity (Wildman–Crippen MR) is 105 cm³/mol. The molecule has 0 fully saturated rings. The summed E-state index contributed by atoms with van der Waals surface area (Å²) in [5.41, 5.74) is 4.23. The average molecular weight is 369 g/mol. The summed E-state index contributed by atoms with van der Waals surface area (Å²) in [5.74, 6) is 1.98. The maximum Gasteiger partial charge on any atom is 0.247 e. The van der Waals surface area contributed by atoms with Crippen molar-refractivity contribution >= 4 is 17.4 Å². The zero-order valence-electron chi connectivity index (χ0n) is 15.2. The Morgan fingerprint density at radius 1 is 1.27 bits per heavy atom. The molecule has 1 aliphatic heterocycles. The third kappa shape index (κ3) is 3.56. The Labute approximate surface area is 158 Å². The number of anilines is 1. The molecule has 1 N–H and O–H groups in total. The second kappa shape index (κ2) is 7.66. The maximum absolute atomic E-state index is 6.37. The van der Waals surface area contributed by atoms with Gasteiger partial charge in [0.15, 0.2) is 11.9 Å². The number of hydrogen-bond acceptors (Lipinski definition) is 6. The monoisotopic (exact) mass is 368 g/mol. The van der Waals surface area contributed by atoms with Crippen molar-refractivity contribution in [2.45, 2.75) is 50.9 Å². The molecule has 2 atom stereocenters. The molecular formula is C20H24N4OS. The van der Waals surface area contributed by atoms with Crippen molar-refractivity contribution in [3.8, 4) is 17.1 Å². The summed E-state index contributed by atoms with van der Waals surface area (Å²) < 4.78 is 6.37. The van der Waals surface area contributed by atoms with Crippen molar-refractivity contribution in [1.29, 1.82) is 0 Å². The molecule has 0 bridgehead atoms. The summed E-state index contributed by atoms with van der Waals surface area (Å²) in [5, 5.41) is 13.0. The van der Waals surface area contributed by atoms with Gasteiger partial charge >= 0.3 is 0 Å². The first-order chi connectivity index (χ1) is 12.7. The number of fused-ring (bicyclic) bond motifs is 3. The molecule has 136 valence electrons. The van der Waals surface area contributed by atoms with Crippen LogP contribution in [0.2, 0.25) is 0 Å². The number of nitrogens with one attached hydrogen (secondary N) is 1. The highest BCUT2D eigenvalue weighted by atomic mass is 32.2. The molecule has 6 heteroatoms. The van der Waals surface area contributed by atoms with Crippen molar-refractivity contribution in [3.63, 3.8) is 0 Å². The van der Waals surface area contributed by atoms with Crippen LogP contribution in [-0.4, -0.2) is 27.2 Å². The summed E-state index contributed by atoms with van der Waals surface area (Å²) in [6.07, 6.45) is 6.57. The van der Waals surface area contributed by atoms with E-state index in [9.17, 15) is 0 Å². The lowest BCUT2D eigenvalue weighted by atomic mass is 9.89. The molecule has 1 aromatic heterocycles. The van der Waals surface area contributed by atoms with E-state index >= 15 is 0 Å². The highest BCUT2D eigenvalue weighted by Crippen LogP contribution is 2.39. The van der Waals surface area contributed by atoms with E-state index < -0.39 is 0 Å². The quantitative estimate of drug-likeness (QED) is 0.611. The first-order valence-corrected chi connectivity index (χ1v) is 10.3. The average Bonchev–Trinajstić information content (AvgIpc) is 2.83. The van der Waals surface area contributed by atoms with E-state index in [2.05, 4.69) is 46.5 Å². The molecule has 1 aromatic carbocycles. The first kappa shape index (κ1) is 17.3. The Bertz CT molecular complexity index is 823. The van der Waals surface area contributed by atoms with Crippen LogP contribution in [0.1, 0.15) is 39.5 Å². The Kier molecular flexibility index (Phi) is 5.11. The Hall–Kier alpha value is -2.08. The van der Waals surface area contributed by atoms with Crippen molar-refractivity contribution < 1.29 is 4.74 Å². The molecule has 2 aromatic rings. The number of hydrogen-bond donors (Lipinski definition) is 1. The number of allylic oxidation sites excluding steroid dienone is 2. The third-order valence-corrected chi connectivity index (χ3v) is 5.94. The summed E-state index contributed by atoms with van der Waals surface area (Å²) >= 11 is 1.62. The van der Waals surface area contributed by atoms with Crippen LogP contribution >= 0.6 is 11.8 Å². The zero-order valence-corrected chi connectivity index (χ0v) is 16.1. The lowest BCUT2D eigenvalue weighted by Crippen LogP contribution is -2.35. The van der Waals surface area contributed by atoms with Crippen molar-refractivity contribution in [1.82, 2.24) is 15.2 Å². The largest absolute Gasteiger partial charge is 0.452 e. The van der Waals surface area contributed by atoms with Crippen LogP contribution in [-0.2, 0) is 0 Å². The van der Waals surface area contributed by atoms with Gasteiger partial charge in [-0.1, -0.05) is 48.5 Å². The highest BCUT2D eigenvalue weighted by Gasteiger charge is 2.30. The number of aromatic nitrogens is 3. The van der Waals surface area contributed by atoms with Gasteiger partial charge in [-0.2, -0.15) is 4.98 Å². The minimum atomic E-state index is -0.109. The lowest BCUT2D eigenvalue weighted by molar-refractivity contribution is 0.145. The van der Waals surface area contributed by atoms with Crippen molar-refractivity contribution in [3.05, 3.63) is 35.9 Å². The van der Waals surface area contributed by atoms with Gasteiger partial charge in [0, 0.05) is 22.9 Å².